The lowest BCUT2D eigenvalue weighted by Gasteiger charge is -2.16. The molecular formula is C118H69N9. The molecule has 127 heavy (non-hydrogen) atoms. The van der Waals surface area contributed by atoms with E-state index in [1.807, 2.05) is 36.4 Å². The molecule has 0 saturated carbocycles. The molecular weight excluding hydrogens is 1540 g/mol. The molecule has 9 heteroatoms. The van der Waals surface area contributed by atoms with Gasteiger partial charge >= 0.3 is 0 Å². The van der Waals surface area contributed by atoms with Crippen LogP contribution in [0.2, 0.25) is 0 Å². The van der Waals surface area contributed by atoms with Crippen LogP contribution in [0.1, 0.15) is 0 Å². The van der Waals surface area contributed by atoms with Crippen LogP contribution >= 0.6 is 0 Å². The predicted octanol–water partition coefficient (Wildman–Crippen LogP) is 30.4. The van der Waals surface area contributed by atoms with Crippen molar-refractivity contribution < 1.29 is 0 Å². The van der Waals surface area contributed by atoms with Crippen molar-refractivity contribution in [2.24, 2.45) is 0 Å². The number of para-hydroxylation sites is 3. The van der Waals surface area contributed by atoms with Crippen molar-refractivity contribution in [1.29, 1.82) is 0 Å². The zero-order chi connectivity index (χ0) is 83.1. The summed E-state index contributed by atoms with van der Waals surface area (Å²) >= 11 is 0. The molecule has 0 amide bonds. The predicted molar refractivity (Wildman–Crippen MR) is 527 cm³/mol. The first-order chi connectivity index (χ1) is 63.0. The quantitative estimate of drug-likeness (QED) is 0.148. The Hall–Kier alpha value is -17.1. The number of hydrogen-bond donors (Lipinski definition) is 0. The molecule has 6 heterocycles. The lowest BCUT2D eigenvalue weighted by Crippen LogP contribution is -2.04. The lowest BCUT2D eigenvalue weighted by atomic mass is 9.92. The minimum atomic E-state index is 0.686. The topological polar surface area (TPSA) is 92.1 Å². The Bertz CT molecular complexity index is 9210. The Labute approximate surface area is 728 Å². The van der Waals surface area contributed by atoms with Gasteiger partial charge in [-0.3, -0.25) is 13.7 Å². The first-order valence-electron chi connectivity index (χ1n) is 43.3. The van der Waals surface area contributed by atoms with Crippen LogP contribution in [0.4, 0.5) is 0 Å². The molecule has 26 aromatic rings. The number of nitrogens with zero attached hydrogens (tertiary/aromatic N) is 9. The van der Waals surface area contributed by atoms with Crippen molar-refractivity contribution in [2.45, 2.75) is 0 Å². The third kappa shape index (κ3) is 10.6. The minimum absolute atomic E-state index is 0.686. The van der Waals surface area contributed by atoms with Crippen molar-refractivity contribution in [3.05, 3.63) is 419 Å². The number of benzene rings is 20. The number of fused-ring (bicyclic) bond motifs is 14. The van der Waals surface area contributed by atoms with Gasteiger partial charge in [-0.25, -0.2) is 29.9 Å². The molecule has 3 aliphatic rings. The van der Waals surface area contributed by atoms with E-state index >= 15 is 0 Å². The van der Waals surface area contributed by atoms with Gasteiger partial charge in [-0.2, -0.15) is 0 Å². The van der Waals surface area contributed by atoms with Crippen molar-refractivity contribution in [3.8, 4) is 129 Å². The fourth-order valence-electron chi connectivity index (χ4n) is 21.2. The van der Waals surface area contributed by atoms with Crippen LogP contribution in [0.25, 0.3) is 271 Å². The van der Waals surface area contributed by atoms with Crippen LogP contribution in [0.3, 0.4) is 0 Å². The van der Waals surface area contributed by atoms with Crippen LogP contribution in [0.15, 0.2) is 419 Å². The zero-order valence-electron chi connectivity index (χ0n) is 68.4. The summed E-state index contributed by atoms with van der Waals surface area (Å²) in [6.07, 6.45) is 0. The third-order valence-electron chi connectivity index (χ3n) is 26.6. The SMILES string of the molecule is c1ccc(-c2cc3c4c5c6c(cccc6ccc5n(-c5nc6ccccc6nc5-c5ccccc5)c4c2)-c2ccccc2-3)cc1.c1ccc(-c2nc(-n3c4cccc5c4c4c6c(cccc6ccc43)-c3ccccc3-5)nc3c2ccc2ccccc23)cc1.c1ccc(-c2nc(-n3c4cccc5c4c4c6c(cccc6ccc43)-c3ccccc3-5)nc3ccccc23)cc1. The minimum Gasteiger partial charge on any atom is -0.292 e. The van der Waals surface area contributed by atoms with Crippen LogP contribution in [-0.2, 0) is 0 Å². The van der Waals surface area contributed by atoms with Gasteiger partial charge in [0.1, 0.15) is 5.69 Å². The van der Waals surface area contributed by atoms with Crippen LogP contribution in [0.5, 0.6) is 0 Å². The molecule has 0 saturated heterocycles. The van der Waals surface area contributed by atoms with E-state index in [9.17, 15) is 0 Å². The van der Waals surface area contributed by atoms with E-state index in [2.05, 4.69) is 396 Å². The van der Waals surface area contributed by atoms with E-state index in [1.165, 1.54) is 148 Å². The maximum atomic E-state index is 5.39. The highest BCUT2D eigenvalue weighted by molar-refractivity contribution is 6.34. The second-order valence-corrected chi connectivity index (χ2v) is 33.3. The molecule has 0 spiro atoms. The third-order valence-corrected chi connectivity index (χ3v) is 26.6. The van der Waals surface area contributed by atoms with Crippen molar-refractivity contribution in [1.82, 2.24) is 43.6 Å². The Morgan fingerprint density at radius 2 is 0.504 bits per heavy atom. The van der Waals surface area contributed by atoms with E-state index in [4.69, 9.17) is 29.9 Å². The second-order valence-electron chi connectivity index (χ2n) is 33.3. The van der Waals surface area contributed by atoms with E-state index in [1.54, 1.807) is 0 Å². The molecule has 0 bridgehead atoms. The van der Waals surface area contributed by atoms with Crippen molar-refractivity contribution >= 4 is 141 Å². The summed E-state index contributed by atoms with van der Waals surface area (Å²) in [5.41, 5.74) is 33.8. The second kappa shape index (κ2) is 27.7. The molecule has 9 nitrogen and oxygen atoms in total. The number of aromatic nitrogens is 9. The lowest BCUT2D eigenvalue weighted by molar-refractivity contribution is 1.01. The number of rotatable bonds is 7. The Kier molecular flexibility index (Phi) is 15.4. The first-order valence-corrected chi connectivity index (χ1v) is 43.3. The van der Waals surface area contributed by atoms with E-state index in [0.29, 0.717) is 11.9 Å². The van der Waals surface area contributed by atoms with Crippen LogP contribution in [-0.4, -0.2) is 43.6 Å². The maximum Gasteiger partial charge on any atom is 0.235 e. The molecule has 586 valence electrons. The summed E-state index contributed by atoms with van der Waals surface area (Å²) in [7, 11) is 0. The van der Waals surface area contributed by atoms with Gasteiger partial charge in [0, 0.05) is 65.2 Å². The van der Waals surface area contributed by atoms with Gasteiger partial charge in [-0.05, 0) is 182 Å². The highest BCUT2D eigenvalue weighted by atomic mass is 15.2. The summed E-state index contributed by atoms with van der Waals surface area (Å²) in [5.74, 6) is 2.21. The summed E-state index contributed by atoms with van der Waals surface area (Å²) in [6.45, 7) is 0. The van der Waals surface area contributed by atoms with Gasteiger partial charge in [0.25, 0.3) is 0 Å². The Balaban J connectivity index is 0.0000000990. The molecule has 29 rings (SSSR count). The molecule has 0 radical (unpaired) electrons. The summed E-state index contributed by atoms with van der Waals surface area (Å²) in [6, 6.07) is 149. The van der Waals surface area contributed by atoms with E-state index in [-0.39, 0.29) is 0 Å². The van der Waals surface area contributed by atoms with Gasteiger partial charge in [0.2, 0.25) is 11.9 Å². The smallest absolute Gasteiger partial charge is 0.235 e. The standard InChI is InChI=1S/C42H25N3.C40H23N3.C36H21N3/c1-3-12-26(13-4-1)29-24-33-31-18-8-7-17-30(31)32-19-11-16-27-22-23-36-40(38(27)32)39(33)37(25-29)45(36)42-41(28-14-5-2-6-15-28)43-34-20-9-10-21-35(34)44-42;1-2-11-26(12-3-1)38-32-22-20-24-10-4-5-14-27(24)39(32)42-40(41-38)43-33-19-9-18-31-29-16-7-6-15-28(29)30-17-8-13-25-21-23-34(43)37(35(25)30)36(31)33;1-2-10-23(11-3-1)35-28-15-6-7-18-29(28)37-36(38-35)39-30-19-9-17-27-25-14-5-4-13-24(25)26-16-8-12-22-20-21-31(39)34(32(22)26)33(27)30/h1-25H;1-23H;1-21H. The monoisotopic (exact) mass is 1610 g/mol. The van der Waals surface area contributed by atoms with Gasteiger partial charge in [-0.1, -0.05) is 352 Å². The zero-order valence-corrected chi connectivity index (χ0v) is 68.4. The highest BCUT2D eigenvalue weighted by Crippen LogP contribution is 2.55. The van der Waals surface area contributed by atoms with Gasteiger partial charge in [0.05, 0.1) is 66.6 Å². The van der Waals surface area contributed by atoms with Crippen molar-refractivity contribution in [3.63, 3.8) is 0 Å². The molecule has 0 atom stereocenters. The average Bonchev–Trinajstić information content (AvgIpc) is 1.54. The summed E-state index contributed by atoms with van der Waals surface area (Å²) in [4.78, 5) is 31.8. The van der Waals surface area contributed by atoms with Gasteiger partial charge in [-0.15, -0.1) is 0 Å². The van der Waals surface area contributed by atoms with Crippen LogP contribution in [0, 0.1) is 0 Å². The molecule has 3 aliphatic carbocycles. The average molecular weight is 1610 g/mol. The largest absolute Gasteiger partial charge is 0.292 e. The summed E-state index contributed by atoms with van der Waals surface area (Å²) in [5, 5.41) is 19.5. The Morgan fingerprint density at radius 1 is 0.157 bits per heavy atom. The molecule has 0 aliphatic heterocycles. The van der Waals surface area contributed by atoms with Crippen LogP contribution < -0.4 is 0 Å². The first kappa shape index (κ1) is 70.5. The maximum absolute atomic E-state index is 5.39. The van der Waals surface area contributed by atoms with Crippen molar-refractivity contribution in [2.75, 3.05) is 0 Å². The van der Waals surface area contributed by atoms with Gasteiger partial charge < -0.3 is 0 Å². The molecule has 6 aromatic heterocycles. The highest BCUT2D eigenvalue weighted by Gasteiger charge is 2.32. The molecule has 0 unspecified atom stereocenters. The molecule has 20 aromatic carbocycles. The molecule has 0 fully saturated rings. The molecule has 0 N–H and O–H groups in total. The Morgan fingerprint density at radius 3 is 1.01 bits per heavy atom. The fraction of sp³-hybridized carbons (Fsp3) is 0. The summed E-state index contributed by atoms with van der Waals surface area (Å²) < 4.78 is 6.91. The fourth-order valence-corrected chi connectivity index (χ4v) is 21.2. The van der Waals surface area contributed by atoms with E-state index in [0.717, 1.165) is 111 Å². The number of hydrogen-bond acceptors (Lipinski definition) is 6. The van der Waals surface area contributed by atoms with E-state index < -0.39 is 0 Å². The van der Waals surface area contributed by atoms with Gasteiger partial charge in [0.15, 0.2) is 5.82 Å². The normalized spacial score (nSPS) is 12.1.